The number of aliphatic carboxylic acids is 1. The van der Waals surface area contributed by atoms with E-state index >= 15 is 0 Å². The van der Waals surface area contributed by atoms with Crippen LogP contribution in [0.2, 0.25) is 0 Å². The zero-order valence-corrected chi connectivity index (χ0v) is 12.9. The lowest BCUT2D eigenvalue weighted by atomic mass is 10.0. The fourth-order valence-electron chi connectivity index (χ4n) is 2.24. The van der Waals surface area contributed by atoms with Gasteiger partial charge in [0.05, 0.1) is 7.11 Å². The molecule has 0 aromatic heterocycles. The molecule has 6 heteroatoms. The summed E-state index contributed by atoms with van der Waals surface area (Å²) in [7, 11) is 1.60. The van der Waals surface area contributed by atoms with E-state index in [1.54, 1.807) is 7.11 Å². The van der Waals surface area contributed by atoms with Crippen molar-refractivity contribution < 1.29 is 19.4 Å². The Bertz CT molecular complexity index is 489. The van der Waals surface area contributed by atoms with Gasteiger partial charge in [-0.25, -0.2) is 0 Å². The van der Waals surface area contributed by atoms with E-state index in [1.165, 1.54) is 0 Å². The average Bonchev–Trinajstić information content (AvgIpc) is 2.98. The fourth-order valence-corrected chi connectivity index (χ4v) is 3.34. The van der Waals surface area contributed by atoms with Gasteiger partial charge < -0.3 is 20.3 Å². The van der Waals surface area contributed by atoms with E-state index in [9.17, 15) is 4.79 Å². The van der Waals surface area contributed by atoms with Crippen LogP contribution in [0.15, 0.2) is 18.2 Å². The number of carboxylic acid groups (broad SMARTS) is 1. The highest BCUT2D eigenvalue weighted by atomic mass is 32.2. The summed E-state index contributed by atoms with van der Waals surface area (Å²) in [5.74, 6) is 2.67. The van der Waals surface area contributed by atoms with Crippen molar-refractivity contribution in [1.29, 1.82) is 0 Å². The smallest absolute Gasteiger partial charge is 0.303 e. The van der Waals surface area contributed by atoms with Crippen LogP contribution in [0.1, 0.15) is 30.9 Å². The first-order valence-electron chi connectivity index (χ1n) is 7.00. The number of carbonyl (C=O) groups is 1. The van der Waals surface area contributed by atoms with E-state index in [-0.39, 0.29) is 18.6 Å². The molecule has 5 nitrogen and oxygen atoms in total. The van der Waals surface area contributed by atoms with Crippen molar-refractivity contribution in [3.8, 4) is 11.5 Å². The number of methoxy groups -OCH3 is 1. The van der Waals surface area contributed by atoms with E-state index in [4.69, 9.17) is 20.3 Å². The van der Waals surface area contributed by atoms with Crippen molar-refractivity contribution in [2.24, 2.45) is 5.73 Å². The van der Waals surface area contributed by atoms with Gasteiger partial charge in [0.25, 0.3) is 0 Å². The van der Waals surface area contributed by atoms with Crippen LogP contribution >= 0.6 is 11.8 Å². The largest absolute Gasteiger partial charge is 0.493 e. The fraction of sp³-hybridized carbons (Fsp3) is 0.533. The number of ether oxygens (including phenoxy) is 2. The summed E-state index contributed by atoms with van der Waals surface area (Å²) in [6.45, 7) is 0. The predicted molar refractivity (Wildman–Crippen MR) is 83.2 cm³/mol. The molecule has 0 spiro atoms. The Morgan fingerprint density at radius 2 is 2.33 bits per heavy atom. The third-order valence-corrected chi connectivity index (χ3v) is 4.60. The summed E-state index contributed by atoms with van der Waals surface area (Å²) < 4.78 is 11.3. The Morgan fingerprint density at radius 3 is 2.95 bits per heavy atom. The van der Waals surface area contributed by atoms with Gasteiger partial charge in [-0.3, -0.25) is 4.79 Å². The van der Waals surface area contributed by atoms with Gasteiger partial charge in [-0.15, -0.1) is 0 Å². The number of benzene rings is 1. The molecular weight excluding hydrogens is 290 g/mol. The highest BCUT2D eigenvalue weighted by Gasteiger charge is 2.19. The number of nitrogens with two attached hydrogens (primary N) is 1. The van der Waals surface area contributed by atoms with E-state index in [0.29, 0.717) is 12.2 Å². The van der Waals surface area contributed by atoms with Gasteiger partial charge in [0, 0.05) is 18.2 Å². The summed E-state index contributed by atoms with van der Waals surface area (Å²) >= 11 is 1.89. The van der Waals surface area contributed by atoms with Gasteiger partial charge in [0.2, 0.25) is 0 Å². The van der Waals surface area contributed by atoms with Gasteiger partial charge in [-0.05, 0) is 36.3 Å². The quantitative estimate of drug-likeness (QED) is 0.805. The third-order valence-electron chi connectivity index (χ3n) is 3.47. The Hall–Kier alpha value is -1.40. The van der Waals surface area contributed by atoms with Crippen molar-refractivity contribution in [3.63, 3.8) is 0 Å². The number of hydrogen-bond acceptors (Lipinski definition) is 5. The zero-order chi connectivity index (χ0) is 15.2. The van der Waals surface area contributed by atoms with Crippen molar-refractivity contribution in [1.82, 2.24) is 0 Å². The molecule has 3 N–H and O–H groups in total. The van der Waals surface area contributed by atoms with Crippen LogP contribution in [0.3, 0.4) is 0 Å². The molecule has 1 aliphatic rings. The summed E-state index contributed by atoms with van der Waals surface area (Å²) in [4.78, 5) is 10.6. The van der Waals surface area contributed by atoms with Gasteiger partial charge in [0.1, 0.15) is 6.10 Å². The van der Waals surface area contributed by atoms with Crippen LogP contribution < -0.4 is 15.2 Å². The standard InChI is InChI=1S/C15H21NO4S/c1-19-14-8-10(12(16)3-5-15(17)18)2-4-13(14)20-11-6-7-21-9-11/h2,4,8,11-12H,3,5-7,9,16H2,1H3,(H,17,18). The molecule has 1 heterocycles. The molecule has 1 saturated heterocycles. The molecule has 0 saturated carbocycles. The molecule has 1 aromatic rings. The molecule has 1 aromatic carbocycles. The second-order valence-corrected chi connectivity index (χ2v) is 6.20. The highest BCUT2D eigenvalue weighted by molar-refractivity contribution is 7.99. The Labute approximate surface area is 128 Å². The maximum absolute atomic E-state index is 10.6. The first-order chi connectivity index (χ1) is 10.1. The molecule has 0 aliphatic carbocycles. The maximum Gasteiger partial charge on any atom is 0.303 e. The van der Waals surface area contributed by atoms with Crippen LogP contribution in [0.25, 0.3) is 0 Å². The van der Waals surface area contributed by atoms with Crippen molar-refractivity contribution >= 4 is 17.7 Å². The summed E-state index contributed by atoms with van der Waals surface area (Å²) in [6, 6.07) is 5.26. The summed E-state index contributed by atoms with van der Waals surface area (Å²) in [6.07, 6.45) is 1.74. The lowest BCUT2D eigenvalue weighted by Gasteiger charge is -2.18. The second-order valence-electron chi connectivity index (χ2n) is 5.05. The molecule has 116 valence electrons. The third kappa shape index (κ3) is 4.54. The first kappa shape index (κ1) is 16.0. The van der Waals surface area contributed by atoms with Crippen molar-refractivity contribution in [2.75, 3.05) is 18.6 Å². The SMILES string of the molecule is COc1cc(C(N)CCC(=O)O)ccc1OC1CCSC1. The van der Waals surface area contributed by atoms with E-state index < -0.39 is 5.97 Å². The Kier molecular flexibility index (Phi) is 5.76. The second kappa shape index (κ2) is 7.56. The monoisotopic (exact) mass is 311 g/mol. The molecule has 0 amide bonds. The molecule has 2 unspecified atom stereocenters. The van der Waals surface area contributed by atoms with Crippen LogP contribution in [0.4, 0.5) is 0 Å². The number of rotatable bonds is 7. The predicted octanol–water partition coefficient (Wildman–Crippen LogP) is 2.44. The van der Waals surface area contributed by atoms with E-state index in [1.807, 2.05) is 30.0 Å². The van der Waals surface area contributed by atoms with Crippen LogP contribution in [0.5, 0.6) is 11.5 Å². The van der Waals surface area contributed by atoms with Crippen molar-refractivity contribution in [3.05, 3.63) is 23.8 Å². The average molecular weight is 311 g/mol. The normalized spacial score (nSPS) is 19.2. The van der Waals surface area contributed by atoms with Crippen LogP contribution in [0, 0.1) is 0 Å². The van der Waals surface area contributed by atoms with E-state index in [0.717, 1.165) is 29.2 Å². The molecule has 1 fully saturated rings. The molecule has 21 heavy (non-hydrogen) atoms. The highest BCUT2D eigenvalue weighted by Crippen LogP contribution is 2.33. The van der Waals surface area contributed by atoms with E-state index in [2.05, 4.69) is 0 Å². The zero-order valence-electron chi connectivity index (χ0n) is 12.1. The molecule has 2 rings (SSSR count). The molecular formula is C15H21NO4S. The minimum atomic E-state index is -0.837. The molecule has 0 radical (unpaired) electrons. The van der Waals surface area contributed by atoms with Gasteiger partial charge in [-0.2, -0.15) is 11.8 Å². The minimum absolute atomic E-state index is 0.0566. The lowest BCUT2D eigenvalue weighted by molar-refractivity contribution is -0.137. The topological polar surface area (TPSA) is 81.8 Å². The maximum atomic E-state index is 10.6. The number of thioether (sulfide) groups is 1. The van der Waals surface area contributed by atoms with Crippen LogP contribution in [-0.4, -0.2) is 35.8 Å². The number of hydrogen-bond donors (Lipinski definition) is 2. The minimum Gasteiger partial charge on any atom is -0.493 e. The van der Waals surface area contributed by atoms with Gasteiger partial charge >= 0.3 is 5.97 Å². The van der Waals surface area contributed by atoms with Crippen molar-refractivity contribution in [2.45, 2.75) is 31.4 Å². The Morgan fingerprint density at radius 1 is 1.52 bits per heavy atom. The first-order valence-corrected chi connectivity index (χ1v) is 8.15. The summed E-state index contributed by atoms with van der Waals surface area (Å²) in [5.41, 5.74) is 6.88. The molecule has 1 aliphatic heterocycles. The van der Waals surface area contributed by atoms with Gasteiger partial charge in [0.15, 0.2) is 11.5 Å². The van der Waals surface area contributed by atoms with Crippen LogP contribution in [-0.2, 0) is 4.79 Å². The molecule has 0 bridgehead atoms. The Balaban J connectivity index is 2.05. The lowest BCUT2D eigenvalue weighted by Crippen LogP contribution is -2.16. The van der Waals surface area contributed by atoms with Gasteiger partial charge in [-0.1, -0.05) is 6.07 Å². The molecule has 2 atom stereocenters. The summed E-state index contributed by atoms with van der Waals surface area (Å²) in [5, 5.41) is 8.71. The number of carboxylic acids is 1.